The highest BCUT2D eigenvalue weighted by Crippen LogP contribution is 2.22. The minimum absolute atomic E-state index is 0.500. The summed E-state index contributed by atoms with van der Waals surface area (Å²) in [5, 5.41) is 11.5. The van der Waals surface area contributed by atoms with Crippen LogP contribution in [0, 0.1) is 0 Å². The molecule has 24 heavy (non-hydrogen) atoms. The van der Waals surface area contributed by atoms with E-state index in [1.807, 2.05) is 24.3 Å². The number of anilines is 1. The summed E-state index contributed by atoms with van der Waals surface area (Å²) in [4.78, 5) is 9.13. The molecule has 0 aliphatic carbocycles. The lowest BCUT2D eigenvalue weighted by molar-refractivity contribution is 0.109. The monoisotopic (exact) mass is 348 g/mol. The Labute approximate surface area is 146 Å². The summed E-state index contributed by atoms with van der Waals surface area (Å²) in [5.74, 6) is 1.70. The summed E-state index contributed by atoms with van der Waals surface area (Å²) in [6.45, 7) is 6.39. The predicted octanol–water partition coefficient (Wildman–Crippen LogP) is 1.96. The van der Waals surface area contributed by atoms with Gasteiger partial charge in [-0.15, -0.1) is 0 Å². The van der Waals surface area contributed by atoms with Crippen LogP contribution in [0.3, 0.4) is 0 Å². The molecule has 0 radical (unpaired) electrons. The van der Waals surface area contributed by atoms with Gasteiger partial charge in [-0.1, -0.05) is 19.1 Å². The van der Waals surface area contributed by atoms with Crippen molar-refractivity contribution in [3.63, 3.8) is 0 Å². The van der Waals surface area contributed by atoms with E-state index in [0.717, 1.165) is 54.9 Å². The van der Waals surface area contributed by atoms with Gasteiger partial charge in [-0.3, -0.25) is 4.90 Å². The average molecular weight is 348 g/mol. The highest BCUT2D eigenvalue weighted by molar-refractivity contribution is 7.09. The predicted molar refractivity (Wildman–Crippen MR) is 95.9 cm³/mol. The first kappa shape index (κ1) is 17.1. The number of methoxy groups -OCH3 is 1. The van der Waals surface area contributed by atoms with Crippen LogP contribution < -0.4 is 9.64 Å². The van der Waals surface area contributed by atoms with Crippen molar-refractivity contribution in [3.8, 4) is 5.75 Å². The highest BCUT2D eigenvalue weighted by atomic mass is 32.1. The second-order valence-corrected chi connectivity index (χ2v) is 6.66. The van der Waals surface area contributed by atoms with E-state index < -0.39 is 6.10 Å². The molecule has 1 N–H and O–H groups in total. The average Bonchev–Trinajstić information content (AvgIpc) is 3.11. The van der Waals surface area contributed by atoms with Gasteiger partial charge in [0.05, 0.1) is 13.2 Å². The van der Waals surface area contributed by atoms with Gasteiger partial charge < -0.3 is 14.7 Å². The Hall–Kier alpha value is -1.70. The van der Waals surface area contributed by atoms with Crippen molar-refractivity contribution in [2.75, 3.05) is 44.7 Å². The maximum Gasteiger partial charge on any atom is 0.205 e. The summed E-state index contributed by atoms with van der Waals surface area (Å²) < 4.78 is 9.58. The van der Waals surface area contributed by atoms with Gasteiger partial charge in [-0.25, -0.2) is 4.98 Å². The highest BCUT2D eigenvalue weighted by Gasteiger charge is 2.22. The van der Waals surface area contributed by atoms with Gasteiger partial charge in [0.15, 0.2) is 0 Å². The Morgan fingerprint density at radius 1 is 1.29 bits per heavy atom. The maximum absolute atomic E-state index is 10.5. The van der Waals surface area contributed by atoms with Gasteiger partial charge in [0, 0.05) is 50.7 Å². The molecule has 7 heteroatoms. The lowest BCUT2D eigenvalue weighted by Crippen LogP contribution is -2.47. The number of aliphatic hydroxyl groups is 1. The number of nitrogens with zero attached hydrogens (tertiary/aromatic N) is 4. The fraction of sp³-hybridized carbons (Fsp3) is 0.529. The first-order valence-corrected chi connectivity index (χ1v) is 9.09. The number of β-amino-alcohol motifs (C(OH)–C–C–N with tert-alkyl or cyclic N) is 1. The number of hydrogen-bond acceptors (Lipinski definition) is 7. The third-order valence-corrected chi connectivity index (χ3v) is 5.14. The quantitative estimate of drug-likeness (QED) is 0.861. The number of aryl methyl sites for hydroxylation is 1. The largest absolute Gasteiger partial charge is 0.497 e. The molecule has 1 saturated heterocycles. The van der Waals surface area contributed by atoms with Crippen LogP contribution in [0.4, 0.5) is 5.13 Å². The van der Waals surface area contributed by atoms with E-state index in [2.05, 4.69) is 26.1 Å². The van der Waals surface area contributed by atoms with E-state index >= 15 is 0 Å². The van der Waals surface area contributed by atoms with Crippen molar-refractivity contribution in [3.05, 3.63) is 35.7 Å². The van der Waals surface area contributed by atoms with Crippen molar-refractivity contribution < 1.29 is 9.84 Å². The van der Waals surface area contributed by atoms with Crippen LogP contribution >= 0.6 is 11.5 Å². The number of ether oxygens (including phenoxy) is 1. The van der Waals surface area contributed by atoms with E-state index in [-0.39, 0.29) is 0 Å². The molecule has 1 aromatic heterocycles. The molecule has 1 aliphatic rings. The van der Waals surface area contributed by atoms with Gasteiger partial charge in [0.2, 0.25) is 5.13 Å². The molecule has 0 saturated carbocycles. The minimum atomic E-state index is -0.500. The molecule has 0 amide bonds. The Morgan fingerprint density at radius 2 is 2.08 bits per heavy atom. The van der Waals surface area contributed by atoms with Crippen LogP contribution in [-0.4, -0.2) is 59.2 Å². The fourth-order valence-corrected chi connectivity index (χ4v) is 3.64. The number of piperazine rings is 1. The molecule has 1 unspecified atom stereocenters. The molecule has 130 valence electrons. The molecule has 0 spiro atoms. The third-order valence-electron chi connectivity index (χ3n) is 4.33. The molecular weight excluding hydrogens is 324 g/mol. The molecular formula is C17H24N4O2S. The van der Waals surface area contributed by atoms with Gasteiger partial charge in [0.1, 0.15) is 11.6 Å². The fourth-order valence-electron chi connectivity index (χ4n) is 2.84. The molecule has 1 aromatic carbocycles. The second kappa shape index (κ2) is 7.92. The van der Waals surface area contributed by atoms with E-state index in [0.29, 0.717) is 6.54 Å². The SMILES string of the molecule is CCc1nsc(N2CCN(CC(O)c3cccc(OC)c3)CC2)n1. The maximum atomic E-state index is 10.5. The third kappa shape index (κ3) is 4.03. The molecule has 1 aliphatic heterocycles. The summed E-state index contributed by atoms with van der Waals surface area (Å²) in [6.07, 6.45) is 0.378. The van der Waals surface area contributed by atoms with Crippen LogP contribution in [0.1, 0.15) is 24.4 Å². The molecule has 0 bridgehead atoms. The lowest BCUT2D eigenvalue weighted by Gasteiger charge is -2.35. The first-order chi connectivity index (χ1) is 11.7. The van der Waals surface area contributed by atoms with Crippen molar-refractivity contribution >= 4 is 16.7 Å². The van der Waals surface area contributed by atoms with Crippen LogP contribution in [0.15, 0.2) is 24.3 Å². The number of aromatic nitrogens is 2. The Kier molecular flexibility index (Phi) is 5.65. The summed E-state index contributed by atoms with van der Waals surface area (Å²) in [6, 6.07) is 7.64. The van der Waals surface area contributed by atoms with Crippen LogP contribution in [0.25, 0.3) is 0 Å². The van der Waals surface area contributed by atoms with Crippen molar-refractivity contribution in [2.45, 2.75) is 19.4 Å². The number of benzene rings is 1. The van der Waals surface area contributed by atoms with E-state index in [4.69, 9.17) is 4.74 Å². The number of hydrogen-bond donors (Lipinski definition) is 1. The van der Waals surface area contributed by atoms with Crippen molar-refractivity contribution in [1.82, 2.24) is 14.3 Å². The molecule has 1 fully saturated rings. The minimum Gasteiger partial charge on any atom is -0.497 e. The zero-order chi connectivity index (χ0) is 16.9. The summed E-state index contributed by atoms with van der Waals surface area (Å²) >= 11 is 1.48. The topological polar surface area (TPSA) is 61.7 Å². The zero-order valence-electron chi connectivity index (χ0n) is 14.2. The van der Waals surface area contributed by atoms with Crippen LogP contribution in [0.5, 0.6) is 5.75 Å². The second-order valence-electron chi connectivity index (χ2n) is 5.93. The lowest BCUT2D eigenvalue weighted by atomic mass is 10.1. The number of aliphatic hydroxyl groups excluding tert-OH is 1. The number of rotatable bonds is 6. The van der Waals surface area contributed by atoms with Gasteiger partial charge in [-0.05, 0) is 17.7 Å². The molecule has 3 rings (SSSR count). The summed E-state index contributed by atoms with van der Waals surface area (Å²) in [7, 11) is 1.64. The smallest absolute Gasteiger partial charge is 0.205 e. The molecule has 1 atom stereocenters. The van der Waals surface area contributed by atoms with E-state index in [1.165, 1.54) is 11.5 Å². The normalized spacial score (nSPS) is 17.0. The summed E-state index contributed by atoms with van der Waals surface area (Å²) in [5.41, 5.74) is 0.897. The molecule has 2 aromatic rings. The molecule has 6 nitrogen and oxygen atoms in total. The van der Waals surface area contributed by atoms with Crippen LogP contribution in [-0.2, 0) is 6.42 Å². The van der Waals surface area contributed by atoms with E-state index in [1.54, 1.807) is 7.11 Å². The van der Waals surface area contributed by atoms with Crippen LogP contribution in [0.2, 0.25) is 0 Å². The zero-order valence-corrected chi connectivity index (χ0v) is 15.0. The Balaban J connectivity index is 1.53. The standard InChI is InChI=1S/C17H24N4O2S/c1-3-16-18-17(24-19-16)21-9-7-20(8-10-21)12-15(22)13-5-4-6-14(11-13)23-2/h4-6,11,15,22H,3,7-10,12H2,1-2H3. The van der Waals surface area contributed by atoms with E-state index in [9.17, 15) is 5.11 Å². The van der Waals surface area contributed by atoms with Crippen molar-refractivity contribution in [1.29, 1.82) is 0 Å². The first-order valence-electron chi connectivity index (χ1n) is 8.31. The Bertz CT molecular complexity index is 656. The van der Waals surface area contributed by atoms with Gasteiger partial charge in [-0.2, -0.15) is 4.37 Å². The Morgan fingerprint density at radius 3 is 2.75 bits per heavy atom. The van der Waals surface area contributed by atoms with Gasteiger partial charge in [0.25, 0.3) is 0 Å². The van der Waals surface area contributed by atoms with Gasteiger partial charge >= 0.3 is 0 Å². The molecule has 2 heterocycles. The van der Waals surface area contributed by atoms with Crippen molar-refractivity contribution in [2.24, 2.45) is 0 Å².